The summed E-state index contributed by atoms with van der Waals surface area (Å²) < 4.78 is 25.0. The first-order valence-electron chi connectivity index (χ1n) is 11.2. The van der Waals surface area contributed by atoms with Crippen LogP contribution in [-0.2, 0) is 14.4 Å². The zero-order chi connectivity index (χ0) is 27.7. The van der Waals surface area contributed by atoms with Crippen molar-refractivity contribution in [1.29, 1.82) is 0 Å². The minimum absolute atomic E-state index is 0.262. The summed E-state index contributed by atoms with van der Waals surface area (Å²) in [5.74, 6) is -2.09. The smallest absolute Gasteiger partial charge is 0.329 e. The van der Waals surface area contributed by atoms with Gasteiger partial charge in [0.2, 0.25) is 0 Å². The first-order chi connectivity index (χ1) is 18.2. The van der Waals surface area contributed by atoms with Gasteiger partial charge < -0.3 is 20.1 Å². The molecule has 0 aliphatic heterocycles. The van der Waals surface area contributed by atoms with Crippen molar-refractivity contribution < 1.29 is 28.2 Å². The first kappa shape index (κ1) is 28.9. The van der Waals surface area contributed by atoms with Crippen LogP contribution in [0.15, 0.2) is 59.7 Å². The van der Waals surface area contributed by atoms with Gasteiger partial charge in [0.1, 0.15) is 5.82 Å². The number of nitrogens with one attached hydrogen (secondary N) is 3. The van der Waals surface area contributed by atoms with Crippen molar-refractivity contribution in [1.82, 2.24) is 5.43 Å². The Labute approximate surface area is 236 Å². The molecule has 3 rings (SSSR count). The molecule has 0 fully saturated rings. The van der Waals surface area contributed by atoms with Crippen molar-refractivity contribution in [2.45, 2.75) is 13.8 Å². The molecule has 3 amide bonds. The average Bonchev–Trinajstić information content (AvgIpc) is 2.87. The van der Waals surface area contributed by atoms with Crippen LogP contribution in [0.2, 0.25) is 5.02 Å². The lowest BCUT2D eigenvalue weighted by Gasteiger charge is -2.15. The maximum Gasteiger partial charge on any atom is 0.329 e. The predicted octanol–water partition coefficient (Wildman–Crippen LogP) is 4.90. The summed E-state index contributed by atoms with van der Waals surface area (Å²) in [6.07, 6.45) is 1.32. The highest BCUT2D eigenvalue weighted by molar-refractivity contribution is 14.1. The summed E-state index contributed by atoms with van der Waals surface area (Å²) in [5, 5.41) is 9.41. The molecule has 0 aliphatic rings. The molecule has 12 heteroatoms. The lowest BCUT2D eigenvalue weighted by atomic mass is 10.2. The molecule has 0 bridgehead atoms. The van der Waals surface area contributed by atoms with E-state index < -0.39 is 17.6 Å². The molecule has 0 aliphatic carbocycles. The third-order valence-corrected chi connectivity index (χ3v) is 6.03. The van der Waals surface area contributed by atoms with Gasteiger partial charge in [-0.2, -0.15) is 5.10 Å². The van der Waals surface area contributed by atoms with Gasteiger partial charge in [-0.15, -0.1) is 0 Å². The van der Waals surface area contributed by atoms with Gasteiger partial charge in [0, 0.05) is 16.4 Å². The average molecular weight is 653 g/mol. The van der Waals surface area contributed by atoms with Crippen LogP contribution < -0.4 is 25.5 Å². The molecular formula is C26H23ClFIN4O5. The quantitative estimate of drug-likeness (QED) is 0.132. The van der Waals surface area contributed by atoms with Crippen LogP contribution in [0.3, 0.4) is 0 Å². The fraction of sp³-hybridized carbons (Fsp3) is 0.154. The molecular weight excluding hydrogens is 630 g/mol. The molecule has 198 valence electrons. The molecule has 0 saturated carbocycles. The highest BCUT2D eigenvalue weighted by atomic mass is 127. The zero-order valence-electron chi connectivity index (χ0n) is 20.3. The number of carbonyl (C=O) groups is 3. The summed E-state index contributed by atoms with van der Waals surface area (Å²) in [6, 6.07) is 13.5. The van der Waals surface area contributed by atoms with Gasteiger partial charge in [0.15, 0.2) is 18.1 Å². The van der Waals surface area contributed by atoms with Crippen LogP contribution in [0.1, 0.15) is 18.1 Å². The summed E-state index contributed by atoms with van der Waals surface area (Å²) in [5.41, 5.74) is 4.38. The number of aryl methyl sites for hydroxylation is 1. The number of hydrogen-bond donors (Lipinski definition) is 3. The Balaban J connectivity index is 1.61. The van der Waals surface area contributed by atoms with Crippen LogP contribution in [0.5, 0.6) is 11.5 Å². The van der Waals surface area contributed by atoms with Crippen molar-refractivity contribution in [3.8, 4) is 11.5 Å². The minimum atomic E-state index is -1.01. The van der Waals surface area contributed by atoms with Crippen LogP contribution in [0.25, 0.3) is 0 Å². The van der Waals surface area contributed by atoms with E-state index in [-0.39, 0.29) is 18.2 Å². The maximum atomic E-state index is 13.0. The van der Waals surface area contributed by atoms with Gasteiger partial charge in [-0.1, -0.05) is 17.7 Å². The van der Waals surface area contributed by atoms with Gasteiger partial charge in [-0.25, -0.2) is 9.82 Å². The molecule has 0 atom stereocenters. The number of benzene rings is 3. The molecule has 0 heterocycles. The highest BCUT2D eigenvalue weighted by Gasteiger charge is 2.15. The normalized spacial score (nSPS) is 10.7. The van der Waals surface area contributed by atoms with Gasteiger partial charge in [-0.3, -0.25) is 14.4 Å². The Hall–Kier alpha value is -3.71. The molecule has 3 aromatic rings. The second-order valence-corrected chi connectivity index (χ2v) is 9.29. The maximum absolute atomic E-state index is 13.0. The number of carbonyl (C=O) groups excluding carboxylic acids is 3. The van der Waals surface area contributed by atoms with E-state index in [1.807, 2.05) is 29.5 Å². The van der Waals surface area contributed by atoms with E-state index in [0.717, 1.165) is 17.7 Å². The minimum Gasteiger partial charge on any atom is -0.490 e. The van der Waals surface area contributed by atoms with E-state index in [0.29, 0.717) is 37.9 Å². The van der Waals surface area contributed by atoms with E-state index in [1.54, 1.807) is 37.3 Å². The van der Waals surface area contributed by atoms with Crippen LogP contribution in [-0.4, -0.2) is 37.1 Å². The first-order valence-corrected chi connectivity index (χ1v) is 12.7. The Kier molecular flexibility index (Phi) is 10.4. The fourth-order valence-corrected chi connectivity index (χ4v) is 3.97. The molecule has 0 aromatic heterocycles. The molecule has 3 N–H and O–H groups in total. The van der Waals surface area contributed by atoms with Crippen molar-refractivity contribution in [2.24, 2.45) is 5.10 Å². The number of rotatable bonds is 9. The molecule has 0 unspecified atom stereocenters. The van der Waals surface area contributed by atoms with E-state index in [1.165, 1.54) is 18.3 Å². The summed E-state index contributed by atoms with van der Waals surface area (Å²) in [4.78, 5) is 36.4. The number of anilines is 2. The molecule has 9 nitrogen and oxygen atoms in total. The third kappa shape index (κ3) is 8.42. The number of nitrogens with zero attached hydrogens (tertiary/aromatic N) is 1. The van der Waals surface area contributed by atoms with Crippen LogP contribution in [0.4, 0.5) is 15.8 Å². The Morgan fingerprint density at radius 1 is 1.00 bits per heavy atom. The number of hydrazone groups is 1. The number of hydrogen-bond acceptors (Lipinski definition) is 6. The number of halogens is 3. The van der Waals surface area contributed by atoms with Gasteiger partial charge in [-0.05, 0) is 96.1 Å². The standard InChI is InChI=1S/C26H23ClFIN4O5/c1-3-37-22-11-16(13-30-33-26(36)25(35)32-18-8-5-17(28)6-9-18)10-21(29)24(22)38-14-23(34)31-19-7-4-15(2)20(27)12-19/h4-13H,3,14H2,1-2H3,(H,31,34)(H,32,35)(H,33,36)/b30-13-. The highest BCUT2D eigenvalue weighted by Crippen LogP contribution is 2.34. The van der Waals surface area contributed by atoms with E-state index >= 15 is 0 Å². The monoisotopic (exact) mass is 652 g/mol. The van der Waals surface area contributed by atoms with Gasteiger partial charge >= 0.3 is 11.8 Å². The second kappa shape index (κ2) is 13.7. The predicted molar refractivity (Wildman–Crippen MR) is 151 cm³/mol. The molecule has 0 spiro atoms. The topological polar surface area (TPSA) is 118 Å². The molecule has 3 aromatic carbocycles. The van der Waals surface area contributed by atoms with Crippen molar-refractivity contribution in [2.75, 3.05) is 23.8 Å². The van der Waals surface area contributed by atoms with E-state index in [9.17, 15) is 18.8 Å². The van der Waals surface area contributed by atoms with Crippen molar-refractivity contribution >= 4 is 69.5 Å². The Morgan fingerprint density at radius 3 is 2.39 bits per heavy atom. The lowest BCUT2D eigenvalue weighted by Crippen LogP contribution is -2.32. The lowest BCUT2D eigenvalue weighted by molar-refractivity contribution is -0.136. The molecule has 0 saturated heterocycles. The van der Waals surface area contributed by atoms with Crippen molar-refractivity contribution in [3.05, 3.63) is 80.1 Å². The van der Waals surface area contributed by atoms with E-state index in [4.69, 9.17) is 21.1 Å². The van der Waals surface area contributed by atoms with Crippen LogP contribution in [0, 0.1) is 16.3 Å². The Morgan fingerprint density at radius 2 is 1.71 bits per heavy atom. The molecule has 0 radical (unpaired) electrons. The SMILES string of the molecule is CCOc1cc(/C=N\NC(=O)C(=O)Nc2ccc(F)cc2)cc(I)c1OCC(=O)Nc1ccc(C)c(Cl)c1. The largest absolute Gasteiger partial charge is 0.490 e. The summed E-state index contributed by atoms with van der Waals surface area (Å²) in [7, 11) is 0. The zero-order valence-corrected chi connectivity index (χ0v) is 23.2. The summed E-state index contributed by atoms with van der Waals surface area (Å²) in [6.45, 7) is 3.73. The molecule has 38 heavy (non-hydrogen) atoms. The van der Waals surface area contributed by atoms with Gasteiger partial charge in [0.05, 0.1) is 16.4 Å². The second-order valence-electron chi connectivity index (χ2n) is 7.72. The van der Waals surface area contributed by atoms with E-state index in [2.05, 4.69) is 21.2 Å². The van der Waals surface area contributed by atoms with Gasteiger partial charge in [0.25, 0.3) is 5.91 Å². The fourth-order valence-electron chi connectivity index (χ4n) is 3.01. The van der Waals surface area contributed by atoms with Crippen LogP contribution >= 0.6 is 34.2 Å². The third-order valence-electron chi connectivity index (χ3n) is 4.82. The Bertz CT molecular complexity index is 1370. The van der Waals surface area contributed by atoms with Crippen molar-refractivity contribution in [3.63, 3.8) is 0 Å². The summed E-state index contributed by atoms with van der Waals surface area (Å²) >= 11 is 8.13. The number of amides is 3. The number of ether oxygens (including phenoxy) is 2.